The quantitative estimate of drug-likeness (QED) is 0.733. The number of nitrogens with one attached hydrogen (secondary N) is 1. The normalized spacial score (nSPS) is 12.3. The van der Waals surface area contributed by atoms with E-state index in [1.807, 2.05) is 30.3 Å². The first kappa shape index (κ1) is 11.5. The monoisotopic (exact) mass is 252 g/mol. The van der Waals surface area contributed by atoms with Crippen molar-refractivity contribution < 1.29 is 0 Å². The molecule has 0 aliphatic heterocycles. The number of hydrogen-bond donors (Lipinski definition) is 2. The van der Waals surface area contributed by atoms with Gasteiger partial charge in [0.15, 0.2) is 0 Å². The highest BCUT2D eigenvalue weighted by molar-refractivity contribution is 5.46. The predicted molar refractivity (Wildman–Crippen MR) is 69.9 cm³/mol. The standard InChI is InChI=1S/C13H12N6/c14-11(9-4-2-1-3-5-9)13-17-12(18-19-13)10-8-15-6-7-16-10/h1-8,11H,14H2,(H,17,18,19). The third-order valence-electron chi connectivity index (χ3n) is 2.75. The number of H-pyrrole nitrogens is 1. The molecular formula is C13H12N6. The maximum Gasteiger partial charge on any atom is 0.201 e. The zero-order valence-corrected chi connectivity index (χ0v) is 10.1. The van der Waals surface area contributed by atoms with E-state index in [2.05, 4.69) is 25.1 Å². The van der Waals surface area contributed by atoms with Crippen molar-refractivity contribution in [2.45, 2.75) is 6.04 Å². The lowest BCUT2D eigenvalue weighted by molar-refractivity contribution is 0.787. The molecule has 0 aliphatic rings. The van der Waals surface area contributed by atoms with Gasteiger partial charge in [0, 0.05) is 12.4 Å². The van der Waals surface area contributed by atoms with Crippen molar-refractivity contribution in [3.05, 3.63) is 60.3 Å². The molecular weight excluding hydrogens is 240 g/mol. The summed E-state index contributed by atoms with van der Waals surface area (Å²) < 4.78 is 0. The van der Waals surface area contributed by atoms with Crippen LogP contribution in [0.4, 0.5) is 0 Å². The van der Waals surface area contributed by atoms with Gasteiger partial charge in [-0.15, -0.1) is 0 Å². The Hall–Kier alpha value is -2.60. The van der Waals surface area contributed by atoms with Gasteiger partial charge < -0.3 is 5.73 Å². The Labute approximate surface area is 109 Å². The second-order valence-corrected chi connectivity index (χ2v) is 4.02. The van der Waals surface area contributed by atoms with Gasteiger partial charge >= 0.3 is 0 Å². The number of rotatable bonds is 3. The molecule has 0 radical (unpaired) electrons. The van der Waals surface area contributed by atoms with Crippen LogP contribution in [0.25, 0.3) is 11.5 Å². The fourth-order valence-electron chi connectivity index (χ4n) is 1.76. The molecule has 1 atom stereocenters. The molecule has 0 saturated heterocycles. The van der Waals surface area contributed by atoms with Gasteiger partial charge in [-0.2, -0.15) is 5.10 Å². The van der Waals surface area contributed by atoms with E-state index >= 15 is 0 Å². The molecule has 1 unspecified atom stereocenters. The smallest absolute Gasteiger partial charge is 0.201 e. The van der Waals surface area contributed by atoms with Crippen LogP contribution >= 0.6 is 0 Å². The zero-order chi connectivity index (χ0) is 13.1. The second-order valence-electron chi connectivity index (χ2n) is 4.02. The summed E-state index contributed by atoms with van der Waals surface area (Å²) in [5.41, 5.74) is 7.73. The first-order chi connectivity index (χ1) is 9.34. The van der Waals surface area contributed by atoms with Crippen LogP contribution in [0, 0.1) is 0 Å². The minimum atomic E-state index is -0.334. The van der Waals surface area contributed by atoms with Crippen LogP contribution in [0.2, 0.25) is 0 Å². The van der Waals surface area contributed by atoms with Gasteiger partial charge in [-0.1, -0.05) is 30.3 Å². The lowest BCUT2D eigenvalue weighted by Crippen LogP contribution is -2.13. The molecule has 2 aromatic heterocycles. The van der Waals surface area contributed by atoms with E-state index in [-0.39, 0.29) is 6.04 Å². The van der Waals surface area contributed by atoms with Crippen molar-refractivity contribution in [2.24, 2.45) is 5.73 Å². The van der Waals surface area contributed by atoms with E-state index in [9.17, 15) is 0 Å². The maximum atomic E-state index is 6.14. The van der Waals surface area contributed by atoms with Crippen molar-refractivity contribution in [1.29, 1.82) is 0 Å². The molecule has 0 bridgehead atoms. The molecule has 0 saturated carbocycles. The van der Waals surface area contributed by atoms with Gasteiger partial charge in [0.2, 0.25) is 5.82 Å². The molecule has 3 aromatic rings. The number of nitrogens with zero attached hydrogens (tertiary/aromatic N) is 4. The third kappa shape index (κ3) is 2.34. The molecule has 6 nitrogen and oxygen atoms in total. The molecule has 19 heavy (non-hydrogen) atoms. The summed E-state index contributed by atoms with van der Waals surface area (Å²) in [5, 5.41) is 6.96. The summed E-state index contributed by atoms with van der Waals surface area (Å²) in [5.74, 6) is 1.10. The Kier molecular flexibility index (Phi) is 2.99. The van der Waals surface area contributed by atoms with Crippen LogP contribution in [0.3, 0.4) is 0 Å². The zero-order valence-electron chi connectivity index (χ0n) is 10.1. The van der Waals surface area contributed by atoms with Crippen LogP contribution in [0.5, 0.6) is 0 Å². The summed E-state index contributed by atoms with van der Waals surface area (Å²) in [6, 6.07) is 9.40. The summed E-state index contributed by atoms with van der Waals surface area (Å²) in [4.78, 5) is 12.5. The first-order valence-electron chi connectivity index (χ1n) is 5.84. The molecule has 0 fully saturated rings. The summed E-state index contributed by atoms with van der Waals surface area (Å²) in [6.45, 7) is 0. The minimum Gasteiger partial charge on any atom is -0.318 e. The molecule has 0 amide bonds. The summed E-state index contributed by atoms with van der Waals surface area (Å²) >= 11 is 0. The minimum absolute atomic E-state index is 0.334. The third-order valence-corrected chi connectivity index (χ3v) is 2.75. The van der Waals surface area contributed by atoms with Gasteiger partial charge in [0.25, 0.3) is 0 Å². The van der Waals surface area contributed by atoms with Crippen LogP contribution in [0.1, 0.15) is 17.4 Å². The Morgan fingerprint density at radius 3 is 2.68 bits per heavy atom. The van der Waals surface area contributed by atoms with E-state index in [0.29, 0.717) is 17.3 Å². The Balaban J connectivity index is 1.90. The van der Waals surface area contributed by atoms with Crippen molar-refractivity contribution in [3.8, 4) is 11.5 Å². The van der Waals surface area contributed by atoms with Crippen LogP contribution < -0.4 is 5.73 Å². The summed E-state index contributed by atoms with van der Waals surface area (Å²) in [6.07, 6.45) is 4.82. The van der Waals surface area contributed by atoms with Crippen molar-refractivity contribution in [2.75, 3.05) is 0 Å². The fraction of sp³-hybridized carbons (Fsp3) is 0.0769. The lowest BCUT2D eigenvalue weighted by atomic mass is 10.1. The highest BCUT2D eigenvalue weighted by Gasteiger charge is 2.14. The number of benzene rings is 1. The lowest BCUT2D eigenvalue weighted by Gasteiger charge is -2.07. The highest BCUT2D eigenvalue weighted by Crippen LogP contribution is 2.18. The van der Waals surface area contributed by atoms with E-state index in [1.54, 1.807) is 18.6 Å². The average Bonchev–Trinajstić information content (AvgIpc) is 2.98. The largest absolute Gasteiger partial charge is 0.318 e. The molecule has 3 rings (SSSR count). The van der Waals surface area contributed by atoms with Gasteiger partial charge in [0.1, 0.15) is 11.5 Å². The van der Waals surface area contributed by atoms with Crippen molar-refractivity contribution in [1.82, 2.24) is 25.1 Å². The van der Waals surface area contributed by atoms with E-state index in [4.69, 9.17) is 5.73 Å². The van der Waals surface area contributed by atoms with E-state index in [0.717, 1.165) is 5.56 Å². The number of aromatic nitrogens is 5. The van der Waals surface area contributed by atoms with E-state index < -0.39 is 0 Å². The number of hydrogen-bond acceptors (Lipinski definition) is 5. The van der Waals surface area contributed by atoms with Crippen molar-refractivity contribution >= 4 is 0 Å². The first-order valence-corrected chi connectivity index (χ1v) is 5.84. The van der Waals surface area contributed by atoms with Crippen LogP contribution in [0.15, 0.2) is 48.9 Å². The maximum absolute atomic E-state index is 6.14. The summed E-state index contributed by atoms with van der Waals surface area (Å²) in [7, 11) is 0. The molecule has 6 heteroatoms. The van der Waals surface area contributed by atoms with Gasteiger partial charge in [-0.25, -0.2) is 9.97 Å². The molecule has 0 aliphatic carbocycles. The number of nitrogens with two attached hydrogens (primary N) is 1. The van der Waals surface area contributed by atoms with Gasteiger partial charge in [-0.3, -0.25) is 10.1 Å². The Morgan fingerprint density at radius 2 is 1.95 bits per heavy atom. The average molecular weight is 252 g/mol. The predicted octanol–water partition coefficient (Wildman–Crippen LogP) is 1.31. The molecule has 94 valence electrons. The van der Waals surface area contributed by atoms with Gasteiger partial charge in [0.05, 0.1) is 12.2 Å². The van der Waals surface area contributed by atoms with Gasteiger partial charge in [-0.05, 0) is 5.56 Å². The van der Waals surface area contributed by atoms with E-state index in [1.165, 1.54) is 0 Å². The fourth-order valence-corrected chi connectivity index (χ4v) is 1.76. The molecule has 1 aromatic carbocycles. The Morgan fingerprint density at radius 1 is 1.11 bits per heavy atom. The topological polar surface area (TPSA) is 93.4 Å². The Bertz CT molecular complexity index is 649. The SMILES string of the molecule is NC(c1ccccc1)c1nc(-c2cnccn2)n[nH]1. The van der Waals surface area contributed by atoms with Crippen LogP contribution in [-0.2, 0) is 0 Å². The highest BCUT2D eigenvalue weighted by atomic mass is 15.2. The van der Waals surface area contributed by atoms with Crippen LogP contribution in [-0.4, -0.2) is 25.1 Å². The molecule has 3 N–H and O–H groups in total. The second kappa shape index (κ2) is 4.95. The molecule has 2 heterocycles. The number of aromatic amines is 1. The molecule has 0 spiro atoms. The van der Waals surface area contributed by atoms with Crippen molar-refractivity contribution in [3.63, 3.8) is 0 Å².